The number of amides is 3. The van der Waals surface area contributed by atoms with E-state index in [-0.39, 0.29) is 5.91 Å². The van der Waals surface area contributed by atoms with Crippen molar-refractivity contribution in [3.8, 4) is 0 Å². The lowest BCUT2D eigenvalue weighted by Crippen LogP contribution is -2.44. The molecular weight excluding hydrogens is 422 g/mol. The second kappa shape index (κ2) is 9.68. The number of fused-ring (bicyclic) bond motifs is 2. The van der Waals surface area contributed by atoms with Crippen LogP contribution in [0.1, 0.15) is 31.7 Å². The van der Waals surface area contributed by atoms with E-state index in [0.29, 0.717) is 47.8 Å². The van der Waals surface area contributed by atoms with Crippen molar-refractivity contribution in [1.82, 2.24) is 20.1 Å². The number of para-hydroxylation sites is 1. The number of aryl methyl sites for hydroxylation is 1. The minimum absolute atomic E-state index is 0.128. The van der Waals surface area contributed by atoms with Crippen LogP contribution in [-0.4, -0.2) is 50.9 Å². The van der Waals surface area contributed by atoms with Crippen LogP contribution in [0.3, 0.4) is 0 Å². The zero-order valence-electron chi connectivity index (χ0n) is 18.4. The largest absolute Gasteiger partial charge is 0.383 e. The quantitative estimate of drug-likeness (QED) is 0.419. The number of aromatic nitrogens is 3. The number of carbonyl (C=O) groups excluding carboxylic acids is 3. The maximum Gasteiger partial charge on any atom is 0.314 e. The zero-order chi connectivity index (χ0) is 23.4. The molecule has 2 aliphatic rings. The highest BCUT2D eigenvalue weighted by atomic mass is 16.2. The number of nitrogens with one attached hydrogen (secondary N) is 3. The second-order valence-corrected chi connectivity index (χ2v) is 8.37. The minimum atomic E-state index is -0.670. The van der Waals surface area contributed by atoms with Gasteiger partial charge >= 0.3 is 11.8 Å². The number of pyridine rings is 1. The van der Waals surface area contributed by atoms with Gasteiger partial charge in [-0.1, -0.05) is 25.1 Å². The van der Waals surface area contributed by atoms with Gasteiger partial charge in [-0.25, -0.2) is 4.98 Å². The Morgan fingerprint density at radius 3 is 2.85 bits per heavy atom. The molecule has 2 aliphatic heterocycles. The molecule has 33 heavy (non-hydrogen) atoms. The summed E-state index contributed by atoms with van der Waals surface area (Å²) in [6, 6.07) is 7.92. The average Bonchev–Trinajstić information content (AvgIpc) is 3.32. The number of benzene rings is 1. The van der Waals surface area contributed by atoms with Gasteiger partial charge in [0.2, 0.25) is 5.91 Å². The number of piperidine rings is 1. The summed E-state index contributed by atoms with van der Waals surface area (Å²) in [5.41, 5.74) is 8.90. The van der Waals surface area contributed by atoms with Crippen LogP contribution >= 0.6 is 0 Å². The number of carbonyl (C=O) groups is 3. The Kier molecular flexibility index (Phi) is 6.53. The van der Waals surface area contributed by atoms with Gasteiger partial charge in [-0.2, -0.15) is 5.10 Å². The molecule has 0 bridgehead atoms. The SMILES string of the molecule is CC1CCCN(C(=O)C(=O)Nc2cnc(N)c3cn[nH]c23)C1.O=C1CCc2ccccc2N1. The van der Waals surface area contributed by atoms with E-state index in [1.807, 2.05) is 18.2 Å². The Bertz CT molecular complexity index is 1190. The highest BCUT2D eigenvalue weighted by Crippen LogP contribution is 2.24. The number of hydrogen-bond donors (Lipinski definition) is 4. The van der Waals surface area contributed by atoms with Crippen LogP contribution < -0.4 is 16.4 Å². The van der Waals surface area contributed by atoms with Crippen LogP contribution in [0.2, 0.25) is 0 Å². The van der Waals surface area contributed by atoms with Crippen LogP contribution in [0.5, 0.6) is 0 Å². The van der Waals surface area contributed by atoms with E-state index in [1.165, 1.54) is 18.0 Å². The van der Waals surface area contributed by atoms with Crippen LogP contribution in [0.4, 0.5) is 17.2 Å². The van der Waals surface area contributed by atoms with Crippen LogP contribution in [0, 0.1) is 5.92 Å². The number of nitrogen functional groups attached to an aromatic ring is 1. The maximum atomic E-state index is 12.2. The van der Waals surface area contributed by atoms with Crippen molar-refractivity contribution in [2.45, 2.75) is 32.6 Å². The monoisotopic (exact) mass is 449 g/mol. The summed E-state index contributed by atoms with van der Waals surface area (Å²) in [6.45, 7) is 3.32. The molecule has 3 aromatic rings. The first kappa shape index (κ1) is 22.3. The Hall–Kier alpha value is -3.95. The molecule has 10 heteroatoms. The number of H-pyrrole nitrogens is 1. The lowest BCUT2D eigenvalue weighted by molar-refractivity contribution is -0.144. The van der Waals surface area contributed by atoms with E-state index >= 15 is 0 Å². The number of rotatable bonds is 1. The van der Waals surface area contributed by atoms with Gasteiger partial charge < -0.3 is 21.3 Å². The van der Waals surface area contributed by atoms with Gasteiger partial charge in [-0.15, -0.1) is 0 Å². The van der Waals surface area contributed by atoms with Crippen molar-refractivity contribution in [3.05, 3.63) is 42.2 Å². The van der Waals surface area contributed by atoms with Gasteiger partial charge in [0.05, 0.1) is 29.0 Å². The predicted molar refractivity (Wildman–Crippen MR) is 125 cm³/mol. The van der Waals surface area contributed by atoms with Gasteiger partial charge in [-0.3, -0.25) is 19.5 Å². The van der Waals surface area contributed by atoms with Crippen molar-refractivity contribution in [3.63, 3.8) is 0 Å². The normalized spacial score (nSPS) is 17.4. The van der Waals surface area contributed by atoms with Gasteiger partial charge in [0.15, 0.2) is 0 Å². The molecular formula is C23H27N7O3. The number of likely N-dealkylation sites (tertiary alicyclic amines) is 1. The van der Waals surface area contributed by atoms with E-state index in [4.69, 9.17) is 5.73 Å². The van der Waals surface area contributed by atoms with Crippen molar-refractivity contribution < 1.29 is 14.4 Å². The molecule has 172 valence electrons. The lowest BCUT2D eigenvalue weighted by Gasteiger charge is -2.30. The summed E-state index contributed by atoms with van der Waals surface area (Å²) in [5.74, 6) is -0.322. The predicted octanol–water partition coefficient (Wildman–Crippen LogP) is 2.31. The van der Waals surface area contributed by atoms with Crippen molar-refractivity contribution >= 4 is 45.8 Å². The second-order valence-electron chi connectivity index (χ2n) is 8.37. The van der Waals surface area contributed by atoms with E-state index in [9.17, 15) is 14.4 Å². The summed E-state index contributed by atoms with van der Waals surface area (Å²) < 4.78 is 0. The lowest BCUT2D eigenvalue weighted by atomic mass is 10.0. The molecule has 0 aliphatic carbocycles. The van der Waals surface area contributed by atoms with Crippen molar-refractivity contribution in [2.24, 2.45) is 5.92 Å². The Balaban J connectivity index is 0.000000196. The molecule has 0 saturated carbocycles. The van der Waals surface area contributed by atoms with Crippen LogP contribution in [0.25, 0.3) is 10.9 Å². The van der Waals surface area contributed by atoms with Gasteiger partial charge in [0.25, 0.3) is 0 Å². The first-order valence-corrected chi connectivity index (χ1v) is 11.0. The van der Waals surface area contributed by atoms with E-state index in [2.05, 4.69) is 38.8 Å². The molecule has 0 spiro atoms. The molecule has 0 radical (unpaired) electrons. The van der Waals surface area contributed by atoms with Crippen LogP contribution in [-0.2, 0) is 20.8 Å². The van der Waals surface area contributed by atoms with E-state index in [1.54, 1.807) is 4.90 Å². The van der Waals surface area contributed by atoms with Crippen LogP contribution in [0.15, 0.2) is 36.7 Å². The zero-order valence-corrected chi connectivity index (χ0v) is 18.4. The number of hydrogen-bond acceptors (Lipinski definition) is 6. The Morgan fingerprint density at radius 1 is 1.21 bits per heavy atom. The van der Waals surface area contributed by atoms with E-state index in [0.717, 1.165) is 24.9 Å². The van der Waals surface area contributed by atoms with Crippen molar-refractivity contribution in [1.29, 1.82) is 0 Å². The number of aromatic amines is 1. The fourth-order valence-electron chi connectivity index (χ4n) is 4.06. The van der Waals surface area contributed by atoms with Gasteiger partial charge in [-0.05, 0) is 36.8 Å². The summed E-state index contributed by atoms with van der Waals surface area (Å²) in [7, 11) is 0. The fraction of sp³-hybridized carbons (Fsp3) is 0.348. The molecule has 5 N–H and O–H groups in total. The first-order valence-electron chi connectivity index (χ1n) is 11.0. The van der Waals surface area contributed by atoms with Crippen molar-refractivity contribution in [2.75, 3.05) is 29.5 Å². The molecule has 1 aromatic carbocycles. The fourth-order valence-corrected chi connectivity index (χ4v) is 4.06. The van der Waals surface area contributed by atoms with E-state index < -0.39 is 11.8 Å². The molecule has 2 aromatic heterocycles. The summed E-state index contributed by atoms with van der Waals surface area (Å²) in [4.78, 5) is 40.9. The molecule has 1 fully saturated rings. The maximum absolute atomic E-state index is 12.2. The molecule has 3 amide bonds. The van der Waals surface area contributed by atoms with Gasteiger partial charge in [0.1, 0.15) is 5.82 Å². The number of nitrogens with zero attached hydrogens (tertiary/aromatic N) is 3. The summed E-state index contributed by atoms with van der Waals surface area (Å²) in [6.07, 6.45) is 6.46. The molecule has 1 saturated heterocycles. The third kappa shape index (κ3) is 5.11. The summed E-state index contributed by atoms with van der Waals surface area (Å²) in [5, 5.41) is 12.7. The Morgan fingerprint density at radius 2 is 2.03 bits per heavy atom. The summed E-state index contributed by atoms with van der Waals surface area (Å²) >= 11 is 0. The molecule has 1 unspecified atom stereocenters. The first-order chi connectivity index (χ1) is 15.9. The highest BCUT2D eigenvalue weighted by molar-refractivity contribution is 6.40. The Labute approximate surface area is 190 Å². The smallest absolute Gasteiger partial charge is 0.314 e. The van der Waals surface area contributed by atoms with Gasteiger partial charge in [0, 0.05) is 25.2 Å². The molecule has 4 heterocycles. The minimum Gasteiger partial charge on any atom is -0.383 e. The number of anilines is 3. The average molecular weight is 450 g/mol. The third-order valence-corrected chi connectivity index (χ3v) is 5.82. The highest BCUT2D eigenvalue weighted by Gasteiger charge is 2.26. The molecule has 10 nitrogen and oxygen atoms in total. The molecule has 1 atom stereocenters. The third-order valence-electron chi connectivity index (χ3n) is 5.82. The molecule has 5 rings (SSSR count). The standard InChI is InChI=1S/C14H18N6O2.C9H9NO/c1-8-3-2-4-20(7-8)14(22)13(21)18-10-6-16-12(15)9-5-17-19-11(9)10;11-9-6-5-7-3-1-2-4-8(7)10-9/h5-6,8H,2-4,7H2,1H3,(H2,15,16)(H,17,19)(H,18,21);1-4H,5-6H2,(H,10,11). The number of nitrogens with two attached hydrogens (primary N) is 1. The topological polar surface area (TPSA) is 146 Å².